The van der Waals surface area contributed by atoms with Crippen molar-refractivity contribution in [2.45, 2.75) is 33.1 Å². The van der Waals surface area contributed by atoms with E-state index in [-0.39, 0.29) is 17.2 Å². The zero-order valence-corrected chi connectivity index (χ0v) is 18.3. The van der Waals surface area contributed by atoms with E-state index in [0.717, 1.165) is 11.3 Å². The molecule has 0 saturated carbocycles. The van der Waals surface area contributed by atoms with Gasteiger partial charge in [0.25, 0.3) is 0 Å². The summed E-state index contributed by atoms with van der Waals surface area (Å²) in [7, 11) is 0. The van der Waals surface area contributed by atoms with Gasteiger partial charge in [-0.25, -0.2) is 5.01 Å². The van der Waals surface area contributed by atoms with Crippen molar-refractivity contribution in [3.8, 4) is 11.5 Å². The summed E-state index contributed by atoms with van der Waals surface area (Å²) in [5.41, 5.74) is 3.31. The summed E-state index contributed by atoms with van der Waals surface area (Å²) in [6.45, 7) is 7.83. The number of hydrazone groups is 1. The smallest absolute Gasteiger partial charge is 0.241 e. The molecule has 2 aromatic carbocycles. The maximum absolute atomic E-state index is 11.9. The van der Waals surface area contributed by atoms with Gasteiger partial charge in [-0.2, -0.15) is 0 Å². The standard InChI is InChI=1S/C22H25N3O4S/c1-14-5-8-20(13-15(14)2)29-12-11-28-19-9-6-18(7-10-19)21-25(17(4)27)24-22(30-21)23-16(3)26/h5-10,13,21H,11-12H2,1-4H3,(H,23,24,26)/t21-/m1/s1. The molecule has 1 aliphatic rings. The average molecular weight is 428 g/mol. The van der Waals surface area contributed by atoms with Crippen LogP contribution in [0.1, 0.15) is 35.9 Å². The maximum Gasteiger partial charge on any atom is 0.241 e. The monoisotopic (exact) mass is 427 g/mol. The molecule has 0 saturated heterocycles. The number of amidine groups is 1. The van der Waals surface area contributed by atoms with Gasteiger partial charge < -0.3 is 14.8 Å². The van der Waals surface area contributed by atoms with Crippen LogP contribution in [0, 0.1) is 13.8 Å². The average Bonchev–Trinajstić information content (AvgIpc) is 3.12. The highest BCUT2D eigenvalue weighted by molar-refractivity contribution is 8.14. The summed E-state index contributed by atoms with van der Waals surface area (Å²) in [6, 6.07) is 13.5. The highest BCUT2D eigenvalue weighted by Crippen LogP contribution is 2.39. The fraction of sp³-hybridized carbons (Fsp3) is 0.318. The van der Waals surface area contributed by atoms with Gasteiger partial charge in [-0.3, -0.25) is 9.59 Å². The van der Waals surface area contributed by atoms with Crippen LogP contribution in [0.5, 0.6) is 11.5 Å². The first-order valence-corrected chi connectivity index (χ1v) is 10.5. The second-order valence-electron chi connectivity index (χ2n) is 6.93. The van der Waals surface area contributed by atoms with Crippen LogP contribution in [0.4, 0.5) is 0 Å². The van der Waals surface area contributed by atoms with Crippen LogP contribution in [0.2, 0.25) is 0 Å². The number of nitrogens with one attached hydrogen (secondary N) is 1. The zero-order chi connectivity index (χ0) is 21.7. The second-order valence-corrected chi connectivity index (χ2v) is 8.00. The number of amides is 2. The van der Waals surface area contributed by atoms with Gasteiger partial charge in [0.05, 0.1) is 0 Å². The number of carbonyl (C=O) groups is 2. The molecule has 1 heterocycles. The first kappa shape index (κ1) is 21.7. The third-order valence-corrected chi connectivity index (χ3v) is 5.62. The molecule has 0 bridgehead atoms. The van der Waals surface area contributed by atoms with Crippen LogP contribution >= 0.6 is 11.8 Å². The third kappa shape index (κ3) is 5.54. The summed E-state index contributed by atoms with van der Waals surface area (Å²) in [4.78, 5) is 23.2. The van der Waals surface area contributed by atoms with Gasteiger partial charge in [0.15, 0.2) is 5.17 Å². The van der Waals surface area contributed by atoms with Crippen LogP contribution in [-0.4, -0.2) is 35.2 Å². The second kappa shape index (κ2) is 9.67. The summed E-state index contributed by atoms with van der Waals surface area (Å²) in [6.07, 6.45) is 0. The number of benzene rings is 2. The number of hydrogen-bond donors (Lipinski definition) is 1. The van der Waals surface area contributed by atoms with E-state index in [2.05, 4.69) is 24.3 Å². The largest absolute Gasteiger partial charge is 0.490 e. The zero-order valence-electron chi connectivity index (χ0n) is 17.5. The van der Waals surface area contributed by atoms with Crippen molar-refractivity contribution >= 4 is 28.7 Å². The summed E-state index contributed by atoms with van der Waals surface area (Å²) in [5.74, 6) is 1.12. The highest BCUT2D eigenvalue weighted by atomic mass is 32.2. The molecular weight excluding hydrogens is 402 g/mol. The van der Waals surface area contributed by atoms with Crippen LogP contribution < -0.4 is 14.8 Å². The van der Waals surface area contributed by atoms with Crippen molar-refractivity contribution in [2.75, 3.05) is 13.2 Å². The van der Waals surface area contributed by atoms with Crippen LogP contribution in [-0.2, 0) is 9.59 Å². The Morgan fingerprint density at radius 3 is 2.23 bits per heavy atom. The lowest BCUT2D eigenvalue weighted by molar-refractivity contribution is -0.129. The molecule has 0 fully saturated rings. The van der Waals surface area contributed by atoms with E-state index in [1.807, 2.05) is 42.5 Å². The predicted octanol–water partition coefficient (Wildman–Crippen LogP) is 3.76. The lowest BCUT2D eigenvalue weighted by Gasteiger charge is -2.19. The Hall–Kier alpha value is -3.00. The first-order chi connectivity index (χ1) is 14.3. The molecule has 158 valence electrons. The number of aryl methyl sites for hydroxylation is 2. The van der Waals surface area contributed by atoms with Crippen LogP contribution in [0.3, 0.4) is 0 Å². The summed E-state index contributed by atoms with van der Waals surface area (Å²) in [5, 5.41) is 8.27. The van der Waals surface area contributed by atoms with Gasteiger partial charge in [0.1, 0.15) is 30.1 Å². The van der Waals surface area contributed by atoms with Crippen LogP contribution in [0.25, 0.3) is 0 Å². The van der Waals surface area contributed by atoms with Crippen molar-refractivity contribution in [2.24, 2.45) is 5.10 Å². The Labute approximate surface area is 180 Å². The number of nitrogens with zero attached hydrogens (tertiary/aromatic N) is 2. The molecule has 0 unspecified atom stereocenters. The highest BCUT2D eigenvalue weighted by Gasteiger charge is 2.32. The summed E-state index contributed by atoms with van der Waals surface area (Å²) < 4.78 is 11.5. The topological polar surface area (TPSA) is 80.2 Å². The van der Waals surface area contributed by atoms with Crippen molar-refractivity contribution in [1.29, 1.82) is 0 Å². The number of hydrogen-bond acceptors (Lipinski definition) is 6. The fourth-order valence-corrected chi connectivity index (χ4v) is 3.97. The Kier molecular flexibility index (Phi) is 6.99. The van der Waals surface area contributed by atoms with Crippen molar-refractivity contribution < 1.29 is 19.1 Å². The molecule has 8 heteroatoms. The van der Waals surface area contributed by atoms with E-state index in [0.29, 0.717) is 24.1 Å². The Bertz CT molecular complexity index is 959. The quantitative estimate of drug-likeness (QED) is 0.710. The van der Waals surface area contributed by atoms with Gasteiger partial charge in [0.2, 0.25) is 11.8 Å². The molecule has 2 aromatic rings. The lowest BCUT2D eigenvalue weighted by atomic mass is 10.1. The third-order valence-electron chi connectivity index (χ3n) is 4.51. The fourth-order valence-electron chi connectivity index (χ4n) is 2.83. The molecule has 1 aliphatic heterocycles. The predicted molar refractivity (Wildman–Crippen MR) is 117 cm³/mol. The van der Waals surface area contributed by atoms with Crippen molar-refractivity contribution in [3.05, 3.63) is 59.2 Å². The maximum atomic E-state index is 11.9. The Morgan fingerprint density at radius 2 is 1.63 bits per heavy atom. The number of rotatable bonds is 6. The molecule has 1 N–H and O–H groups in total. The molecular formula is C22H25N3O4S. The normalized spacial score (nSPS) is 15.5. The molecule has 30 heavy (non-hydrogen) atoms. The van der Waals surface area contributed by atoms with E-state index >= 15 is 0 Å². The minimum Gasteiger partial charge on any atom is -0.490 e. The molecule has 1 atom stereocenters. The van der Waals surface area contributed by atoms with Gasteiger partial charge in [-0.1, -0.05) is 30.0 Å². The van der Waals surface area contributed by atoms with E-state index in [1.54, 1.807) is 0 Å². The van der Waals surface area contributed by atoms with Gasteiger partial charge in [-0.05, 0) is 54.8 Å². The number of thioether (sulfide) groups is 1. The molecule has 2 amide bonds. The number of carbonyl (C=O) groups excluding carboxylic acids is 2. The molecule has 0 radical (unpaired) electrons. The molecule has 0 aliphatic carbocycles. The molecule has 3 rings (SSSR count). The Balaban J connectivity index is 1.53. The Morgan fingerprint density at radius 1 is 1.00 bits per heavy atom. The van der Waals surface area contributed by atoms with Gasteiger partial charge in [-0.15, -0.1) is 5.10 Å². The minimum absolute atomic E-state index is 0.198. The van der Waals surface area contributed by atoms with Crippen molar-refractivity contribution in [1.82, 2.24) is 10.3 Å². The van der Waals surface area contributed by atoms with E-state index in [4.69, 9.17) is 9.47 Å². The summed E-state index contributed by atoms with van der Waals surface area (Å²) >= 11 is 1.32. The SMILES string of the molecule is CC(=O)NC1=NN(C(C)=O)[C@@H](c2ccc(OCCOc3ccc(C)c(C)c3)cc2)S1. The molecule has 0 spiro atoms. The van der Waals surface area contributed by atoms with Crippen molar-refractivity contribution in [3.63, 3.8) is 0 Å². The molecule has 7 nitrogen and oxygen atoms in total. The first-order valence-electron chi connectivity index (χ1n) is 9.59. The van der Waals surface area contributed by atoms with E-state index in [9.17, 15) is 9.59 Å². The van der Waals surface area contributed by atoms with Gasteiger partial charge in [0, 0.05) is 13.8 Å². The van der Waals surface area contributed by atoms with Gasteiger partial charge >= 0.3 is 0 Å². The lowest BCUT2D eigenvalue weighted by Crippen LogP contribution is -2.25. The van der Waals surface area contributed by atoms with Crippen LogP contribution in [0.15, 0.2) is 47.6 Å². The number of ether oxygens (including phenoxy) is 2. The molecule has 0 aromatic heterocycles. The van der Waals surface area contributed by atoms with E-state index < -0.39 is 0 Å². The van der Waals surface area contributed by atoms with E-state index in [1.165, 1.54) is 41.7 Å². The minimum atomic E-state index is -0.327.